The summed E-state index contributed by atoms with van der Waals surface area (Å²) in [5, 5.41) is 12.5. The van der Waals surface area contributed by atoms with E-state index in [0.29, 0.717) is 31.1 Å². The first-order valence-corrected chi connectivity index (χ1v) is 8.93. The molecule has 0 aliphatic carbocycles. The fourth-order valence-corrected chi connectivity index (χ4v) is 3.16. The predicted molar refractivity (Wildman–Crippen MR) is 100 cm³/mol. The minimum atomic E-state index is 0.0549. The molecule has 1 aliphatic rings. The number of pyridine rings is 1. The molecule has 1 saturated heterocycles. The maximum Gasteiger partial charge on any atom is 0.253 e. The Morgan fingerprint density at radius 1 is 1.27 bits per heavy atom. The van der Waals surface area contributed by atoms with Crippen LogP contribution < -0.4 is 10.1 Å². The average Bonchev–Trinajstić information content (AvgIpc) is 2.72. The smallest absolute Gasteiger partial charge is 0.253 e. The van der Waals surface area contributed by atoms with E-state index in [2.05, 4.69) is 10.3 Å². The van der Waals surface area contributed by atoms with E-state index in [1.54, 1.807) is 13.3 Å². The van der Waals surface area contributed by atoms with E-state index >= 15 is 0 Å². The standard InChI is InChI=1S/C20H25N3O3/c1-26-19-3-2-10-21-18(19)13-22-17-6-4-16(5-7-17)20(25)23-11-8-15(14-24)9-12-23/h2-7,10,15,22,24H,8-9,11-14H2,1H3. The number of hydrogen-bond acceptors (Lipinski definition) is 5. The molecule has 0 spiro atoms. The first kappa shape index (κ1) is 18.2. The molecule has 0 atom stereocenters. The van der Waals surface area contributed by atoms with Gasteiger partial charge in [0.05, 0.1) is 13.7 Å². The van der Waals surface area contributed by atoms with Gasteiger partial charge in [0.2, 0.25) is 0 Å². The largest absolute Gasteiger partial charge is 0.495 e. The zero-order valence-electron chi connectivity index (χ0n) is 15.0. The van der Waals surface area contributed by atoms with Gasteiger partial charge in [-0.15, -0.1) is 0 Å². The summed E-state index contributed by atoms with van der Waals surface area (Å²) in [4.78, 5) is 18.8. The van der Waals surface area contributed by atoms with Gasteiger partial charge in [-0.2, -0.15) is 0 Å². The van der Waals surface area contributed by atoms with Crippen molar-refractivity contribution in [2.45, 2.75) is 19.4 Å². The van der Waals surface area contributed by atoms with Crippen LogP contribution in [0.3, 0.4) is 0 Å². The first-order chi connectivity index (χ1) is 12.7. The molecule has 138 valence electrons. The van der Waals surface area contributed by atoms with E-state index < -0.39 is 0 Å². The summed E-state index contributed by atoms with van der Waals surface area (Å²) in [7, 11) is 1.63. The normalized spacial score (nSPS) is 14.9. The molecule has 0 bridgehead atoms. The van der Waals surface area contributed by atoms with E-state index in [4.69, 9.17) is 4.74 Å². The maximum atomic E-state index is 12.6. The van der Waals surface area contributed by atoms with Crippen LogP contribution in [-0.4, -0.2) is 47.7 Å². The van der Waals surface area contributed by atoms with Gasteiger partial charge in [0.1, 0.15) is 11.4 Å². The Balaban J connectivity index is 1.57. The summed E-state index contributed by atoms with van der Waals surface area (Å²) in [6, 6.07) is 11.2. The van der Waals surface area contributed by atoms with E-state index in [1.165, 1.54) is 0 Å². The van der Waals surface area contributed by atoms with Crippen LogP contribution in [0.5, 0.6) is 5.75 Å². The molecule has 6 nitrogen and oxygen atoms in total. The monoisotopic (exact) mass is 355 g/mol. The lowest BCUT2D eigenvalue weighted by Crippen LogP contribution is -2.39. The number of methoxy groups -OCH3 is 1. The third-order valence-electron chi connectivity index (χ3n) is 4.82. The fraction of sp³-hybridized carbons (Fsp3) is 0.400. The van der Waals surface area contributed by atoms with Crippen molar-refractivity contribution in [3.05, 3.63) is 53.9 Å². The topological polar surface area (TPSA) is 74.7 Å². The highest BCUT2D eigenvalue weighted by Gasteiger charge is 2.23. The number of nitrogens with zero attached hydrogens (tertiary/aromatic N) is 2. The van der Waals surface area contributed by atoms with Crippen molar-refractivity contribution in [2.24, 2.45) is 5.92 Å². The Morgan fingerprint density at radius 2 is 2.00 bits per heavy atom. The van der Waals surface area contributed by atoms with Crippen LogP contribution in [0.25, 0.3) is 0 Å². The summed E-state index contributed by atoms with van der Waals surface area (Å²) in [6.07, 6.45) is 3.48. The second-order valence-corrected chi connectivity index (χ2v) is 6.50. The zero-order valence-corrected chi connectivity index (χ0v) is 15.0. The molecular weight excluding hydrogens is 330 g/mol. The predicted octanol–water partition coefficient (Wildman–Crippen LogP) is 2.55. The molecule has 1 aliphatic heterocycles. The molecule has 2 heterocycles. The number of benzene rings is 1. The highest BCUT2D eigenvalue weighted by Crippen LogP contribution is 2.20. The van der Waals surface area contributed by atoms with Crippen LogP contribution in [0.2, 0.25) is 0 Å². The molecular formula is C20H25N3O3. The van der Waals surface area contributed by atoms with Gasteiger partial charge < -0.3 is 20.1 Å². The molecule has 1 aromatic heterocycles. The summed E-state index contributed by atoms with van der Waals surface area (Å²) < 4.78 is 5.30. The number of carbonyl (C=O) groups is 1. The molecule has 26 heavy (non-hydrogen) atoms. The average molecular weight is 355 g/mol. The molecule has 1 aromatic carbocycles. The quantitative estimate of drug-likeness (QED) is 0.833. The number of likely N-dealkylation sites (tertiary alicyclic amines) is 1. The summed E-state index contributed by atoms with van der Waals surface area (Å²) in [5.74, 6) is 1.13. The van der Waals surface area contributed by atoms with Crippen LogP contribution in [-0.2, 0) is 6.54 Å². The highest BCUT2D eigenvalue weighted by molar-refractivity contribution is 5.94. The van der Waals surface area contributed by atoms with Crippen molar-refractivity contribution in [3.63, 3.8) is 0 Å². The van der Waals surface area contributed by atoms with Crippen molar-refractivity contribution in [1.82, 2.24) is 9.88 Å². The second-order valence-electron chi connectivity index (χ2n) is 6.50. The van der Waals surface area contributed by atoms with Crippen LogP contribution in [0, 0.1) is 5.92 Å². The summed E-state index contributed by atoms with van der Waals surface area (Å²) in [5.41, 5.74) is 2.45. The van der Waals surface area contributed by atoms with Gasteiger partial charge in [-0.05, 0) is 55.2 Å². The third kappa shape index (κ3) is 4.32. The lowest BCUT2D eigenvalue weighted by Gasteiger charge is -2.31. The van der Waals surface area contributed by atoms with Crippen molar-refractivity contribution >= 4 is 11.6 Å². The van der Waals surface area contributed by atoms with Gasteiger partial charge in [-0.1, -0.05) is 0 Å². The Morgan fingerprint density at radius 3 is 2.65 bits per heavy atom. The third-order valence-corrected chi connectivity index (χ3v) is 4.82. The number of rotatable bonds is 6. The number of hydrogen-bond donors (Lipinski definition) is 2. The zero-order chi connectivity index (χ0) is 18.4. The Hall–Kier alpha value is -2.60. The van der Waals surface area contributed by atoms with Gasteiger partial charge in [-0.3, -0.25) is 9.78 Å². The number of ether oxygens (including phenoxy) is 1. The minimum absolute atomic E-state index is 0.0549. The van der Waals surface area contributed by atoms with E-state index in [1.807, 2.05) is 41.3 Å². The van der Waals surface area contributed by atoms with Gasteiger partial charge in [0.15, 0.2) is 0 Å². The number of aliphatic hydroxyl groups excluding tert-OH is 1. The van der Waals surface area contributed by atoms with E-state index in [0.717, 1.165) is 30.0 Å². The number of nitrogens with one attached hydrogen (secondary N) is 1. The minimum Gasteiger partial charge on any atom is -0.495 e. The number of carbonyl (C=O) groups excluding carboxylic acids is 1. The van der Waals surface area contributed by atoms with Crippen LogP contribution in [0.15, 0.2) is 42.6 Å². The van der Waals surface area contributed by atoms with Gasteiger partial charge in [-0.25, -0.2) is 0 Å². The summed E-state index contributed by atoms with van der Waals surface area (Å²) in [6.45, 7) is 2.18. The number of piperidine rings is 1. The van der Waals surface area contributed by atoms with Crippen LogP contribution in [0.4, 0.5) is 5.69 Å². The number of anilines is 1. The summed E-state index contributed by atoms with van der Waals surface area (Å²) >= 11 is 0. The molecule has 2 N–H and O–H groups in total. The molecule has 6 heteroatoms. The molecule has 0 unspecified atom stereocenters. The number of aromatic nitrogens is 1. The van der Waals surface area contributed by atoms with Crippen LogP contribution >= 0.6 is 0 Å². The van der Waals surface area contributed by atoms with Crippen molar-refractivity contribution in [2.75, 3.05) is 32.1 Å². The molecule has 1 fully saturated rings. The molecule has 3 rings (SSSR count). The second kappa shape index (κ2) is 8.67. The Bertz CT molecular complexity index is 725. The number of amides is 1. The van der Waals surface area contributed by atoms with Crippen molar-refractivity contribution in [3.8, 4) is 5.75 Å². The van der Waals surface area contributed by atoms with E-state index in [-0.39, 0.29) is 12.5 Å². The van der Waals surface area contributed by atoms with Gasteiger partial charge in [0, 0.05) is 37.1 Å². The lowest BCUT2D eigenvalue weighted by molar-refractivity contribution is 0.0651. The Kier molecular flexibility index (Phi) is 6.07. The molecule has 1 amide bonds. The molecule has 0 radical (unpaired) electrons. The van der Waals surface area contributed by atoms with Crippen LogP contribution in [0.1, 0.15) is 28.9 Å². The maximum absolute atomic E-state index is 12.6. The van der Waals surface area contributed by atoms with Gasteiger partial charge in [0.25, 0.3) is 5.91 Å². The Labute approximate surface area is 153 Å². The van der Waals surface area contributed by atoms with Crippen molar-refractivity contribution in [1.29, 1.82) is 0 Å². The molecule has 2 aromatic rings. The number of aliphatic hydroxyl groups is 1. The first-order valence-electron chi connectivity index (χ1n) is 8.93. The van der Waals surface area contributed by atoms with Gasteiger partial charge >= 0.3 is 0 Å². The lowest BCUT2D eigenvalue weighted by atomic mass is 9.97. The fourth-order valence-electron chi connectivity index (χ4n) is 3.16. The molecule has 0 saturated carbocycles. The highest BCUT2D eigenvalue weighted by atomic mass is 16.5. The van der Waals surface area contributed by atoms with E-state index in [9.17, 15) is 9.90 Å². The SMILES string of the molecule is COc1cccnc1CNc1ccc(C(=O)N2CCC(CO)CC2)cc1. The van der Waals surface area contributed by atoms with Crippen molar-refractivity contribution < 1.29 is 14.6 Å².